The van der Waals surface area contributed by atoms with E-state index in [-0.39, 0.29) is 0 Å². The average molecular weight is 320 g/mol. The molecule has 4 nitrogen and oxygen atoms in total. The van der Waals surface area contributed by atoms with Crippen molar-refractivity contribution in [2.45, 2.75) is 32.1 Å². The summed E-state index contributed by atoms with van der Waals surface area (Å²) in [6.07, 6.45) is 8.54. The van der Waals surface area contributed by atoms with Gasteiger partial charge in [-0.2, -0.15) is 0 Å². The first-order chi connectivity index (χ1) is 10.7. The lowest BCUT2D eigenvalue weighted by atomic mass is 9.97. The van der Waals surface area contributed by atoms with Gasteiger partial charge >= 0.3 is 0 Å². The number of hydrogen-bond acceptors (Lipinski definition) is 3. The third-order valence-electron chi connectivity index (χ3n) is 3.76. The van der Waals surface area contributed by atoms with Crippen LogP contribution in [-0.2, 0) is 0 Å². The maximum atomic E-state index is 5.33. The molecular formula is C17H24N2O2S. The van der Waals surface area contributed by atoms with Crippen LogP contribution in [0.5, 0.6) is 11.5 Å². The minimum atomic E-state index is 0.628. The monoisotopic (exact) mass is 320 g/mol. The highest BCUT2D eigenvalue weighted by Gasteiger charge is 2.06. The first kappa shape index (κ1) is 16.6. The lowest BCUT2D eigenvalue weighted by Crippen LogP contribution is -2.29. The molecular weight excluding hydrogens is 296 g/mol. The van der Waals surface area contributed by atoms with Gasteiger partial charge in [-0.25, -0.2) is 0 Å². The van der Waals surface area contributed by atoms with Crippen LogP contribution in [0.1, 0.15) is 32.1 Å². The van der Waals surface area contributed by atoms with E-state index in [0.717, 1.165) is 18.7 Å². The Morgan fingerprint density at radius 3 is 2.68 bits per heavy atom. The molecule has 0 amide bonds. The molecule has 0 saturated carbocycles. The van der Waals surface area contributed by atoms with Gasteiger partial charge in [-0.1, -0.05) is 11.6 Å². The van der Waals surface area contributed by atoms with E-state index in [0.29, 0.717) is 16.6 Å². The Balaban J connectivity index is 1.80. The van der Waals surface area contributed by atoms with Crippen LogP contribution >= 0.6 is 12.2 Å². The number of ether oxygens (including phenoxy) is 2. The van der Waals surface area contributed by atoms with E-state index in [1.807, 2.05) is 18.2 Å². The molecule has 0 radical (unpaired) electrons. The zero-order valence-electron chi connectivity index (χ0n) is 13.3. The molecule has 1 aromatic carbocycles. The number of nitrogens with one attached hydrogen (secondary N) is 2. The topological polar surface area (TPSA) is 42.5 Å². The Morgan fingerprint density at radius 2 is 2.00 bits per heavy atom. The molecule has 2 rings (SSSR count). The van der Waals surface area contributed by atoms with Crippen molar-refractivity contribution in [2.75, 3.05) is 26.1 Å². The molecule has 0 aromatic heterocycles. The van der Waals surface area contributed by atoms with E-state index in [4.69, 9.17) is 21.7 Å². The Kier molecular flexibility index (Phi) is 6.52. The SMILES string of the molecule is COc1ccc(NC(=S)NCCC2=CCCCC2)cc1OC. The predicted molar refractivity (Wildman–Crippen MR) is 94.9 cm³/mol. The minimum Gasteiger partial charge on any atom is -0.493 e. The number of methoxy groups -OCH3 is 2. The summed E-state index contributed by atoms with van der Waals surface area (Å²) in [6, 6.07) is 5.64. The molecule has 5 heteroatoms. The van der Waals surface area contributed by atoms with Crippen molar-refractivity contribution in [2.24, 2.45) is 0 Å². The normalized spacial score (nSPS) is 14.0. The maximum Gasteiger partial charge on any atom is 0.170 e. The summed E-state index contributed by atoms with van der Waals surface area (Å²) in [5.41, 5.74) is 2.43. The third-order valence-corrected chi connectivity index (χ3v) is 4.00. The van der Waals surface area contributed by atoms with Gasteiger partial charge in [0.25, 0.3) is 0 Å². The van der Waals surface area contributed by atoms with Crippen LogP contribution in [0.25, 0.3) is 0 Å². The fourth-order valence-electron chi connectivity index (χ4n) is 2.56. The van der Waals surface area contributed by atoms with Crippen LogP contribution < -0.4 is 20.1 Å². The first-order valence-corrected chi connectivity index (χ1v) is 8.08. The summed E-state index contributed by atoms with van der Waals surface area (Å²) >= 11 is 5.33. The van der Waals surface area contributed by atoms with Gasteiger partial charge in [0.2, 0.25) is 0 Å². The molecule has 0 spiro atoms. The molecule has 22 heavy (non-hydrogen) atoms. The van der Waals surface area contributed by atoms with Gasteiger partial charge in [0.15, 0.2) is 16.6 Å². The highest BCUT2D eigenvalue weighted by atomic mass is 32.1. The molecule has 120 valence electrons. The highest BCUT2D eigenvalue weighted by Crippen LogP contribution is 2.29. The van der Waals surface area contributed by atoms with Gasteiger partial charge in [0.05, 0.1) is 14.2 Å². The maximum absolute atomic E-state index is 5.33. The van der Waals surface area contributed by atoms with Crippen LogP contribution in [0, 0.1) is 0 Å². The summed E-state index contributed by atoms with van der Waals surface area (Å²) in [7, 11) is 3.24. The number of anilines is 1. The minimum absolute atomic E-state index is 0.628. The van der Waals surface area contributed by atoms with Gasteiger partial charge in [-0.05, 0) is 56.5 Å². The van der Waals surface area contributed by atoms with E-state index in [2.05, 4.69) is 16.7 Å². The lowest BCUT2D eigenvalue weighted by molar-refractivity contribution is 0.355. The Hall–Kier alpha value is -1.75. The number of allylic oxidation sites excluding steroid dienone is 1. The van der Waals surface area contributed by atoms with Crippen LogP contribution in [0.2, 0.25) is 0 Å². The summed E-state index contributed by atoms with van der Waals surface area (Å²) in [5, 5.41) is 7.05. The number of rotatable bonds is 6. The predicted octanol–water partition coefficient (Wildman–Crippen LogP) is 3.88. The van der Waals surface area contributed by atoms with Crippen molar-refractivity contribution in [1.82, 2.24) is 5.32 Å². The van der Waals surface area contributed by atoms with E-state index in [1.54, 1.807) is 19.8 Å². The summed E-state index contributed by atoms with van der Waals surface area (Å²) < 4.78 is 10.5. The molecule has 0 bridgehead atoms. The van der Waals surface area contributed by atoms with Crippen molar-refractivity contribution in [1.29, 1.82) is 0 Å². The van der Waals surface area contributed by atoms with Crippen molar-refractivity contribution >= 4 is 23.0 Å². The van der Waals surface area contributed by atoms with Gasteiger partial charge in [0, 0.05) is 18.3 Å². The third kappa shape index (κ3) is 4.91. The van der Waals surface area contributed by atoms with Crippen LogP contribution in [0.3, 0.4) is 0 Å². The van der Waals surface area contributed by atoms with Crippen LogP contribution in [0.4, 0.5) is 5.69 Å². The van der Waals surface area contributed by atoms with Gasteiger partial charge in [-0.15, -0.1) is 0 Å². The number of thiocarbonyl (C=S) groups is 1. The van der Waals surface area contributed by atoms with Gasteiger partial charge in [-0.3, -0.25) is 0 Å². The van der Waals surface area contributed by atoms with E-state index < -0.39 is 0 Å². The summed E-state index contributed by atoms with van der Waals surface area (Å²) in [4.78, 5) is 0. The molecule has 0 heterocycles. The quantitative estimate of drug-likeness (QED) is 0.615. The second-order valence-electron chi connectivity index (χ2n) is 5.31. The fraction of sp³-hybridized carbons (Fsp3) is 0.471. The molecule has 0 aliphatic heterocycles. The Labute approximate surface area is 137 Å². The fourth-order valence-corrected chi connectivity index (χ4v) is 2.78. The molecule has 0 atom stereocenters. The first-order valence-electron chi connectivity index (χ1n) is 7.67. The van der Waals surface area contributed by atoms with Crippen molar-refractivity contribution in [3.05, 3.63) is 29.8 Å². The van der Waals surface area contributed by atoms with Crippen LogP contribution in [-0.4, -0.2) is 25.9 Å². The molecule has 2 N–H and O–H groups in total. The standard InChI is InChI=1S/C17H24N2O2S/c1-20-15-9-8-14(12-16(15)21-2)19-17(22)18-11-10-13-6-4-3-5-7-13/h6,8-9,12H,3-5,7,10-11H2,1-2H3,(H2,18,19,22). The summed E-state index contributed by atoms with van der Waals surface area (Å²) in [6.45, 7) is 0.866. The van der Waals surface area contributed by atoms with Crippen molar-refractivity contribution in [3.63, 3.8) is 0 Å². The van der Waals surface area contributed by atoms with E-state index in [9.17, 15) is 0 Å². The summed E-state index contributed by atoms with van der Waals surface area (Å²) in [5.74, 6) is 1.39. The van der Waals surface area contributed by atoms with Gasteiger partial charge in [0.1, 0.15) is 0 Å². The molecule has 1 aromatic rings. The average Bonchev–Trinajstić information content (AvgIpc) is 2.55. The van der Waals surface area contributed by atoms with E-state index >= 15 is 0 Å². The molecule has 0 saturated heterocycles. The second kappa shape index (κ2) is 8.63. The smallest absolute Gasteiger partial charge is 0.170 e. The zero-order valence-corrected chi connectivity index (χ0v) is 14.1. The Morgan fingerprint density at radius 1 is 1.18 bits per heavy atom. The zero-order chi connectivity index (χ0) is 15.8. The molecule has 0 unspecified atom stereocenters. The molecule has 1 aliphatic carbocycles. The molecule has 0 fully saturated rings. The number of benzene rings is 1. The largest absolute Gasteiger partial charge is 0.493 e. The Bertz CT molecular complexity index is 543. The highest BCUT2D eigenvalue weighted by molar-refractivity contribution is 7.80. The van der Waals surface area contributed by atoms with Gasteiger partial charge < -0.3 is 20.1 Å². The van der Waals surface area contributed by atoms with Crippen molar-refractivity contribution < 1.29 is 9.47 Å². The van der Waals surface area contributed by atoms with Crippen LogP contribution in [0.15, 0.2) is 29.8 Å². The number of hydrogen-bond donors (Lipinski definition) is 2. The lowest BCUT2D eigenvalue weighted by Gasteiger charge is -2.15. The molecule has 1 aliphatic rings. The second-order valence-corrected chi connectivity index (χ2v) is 5.72. The van der Waals surface area contributed by atoms with E-state index in [1.165, 1.54) is 25.7 Å². The van der Waals surface area contributed by atoms with Crippen molar-refractivity contribution in [3.8, 4) is 11.5 Å².